The van der Waals surface area contributed by atoms with Crippen molar-refractivity contribution in [3.05, 3.63) is 34.4 Å². The lowest BCUT2D eigenvalue weighted by Gasteiger charge is -2.20. The molecule has 1 saturated heterocycles. The van der Waals surface area contributed by atoms with Crippen LogP contribution < -0.4 is 4.90 Å². The molecule has 2 nitrogen and oxygen atoms in total. The Morgan fingerprint density at radius 2 is 2.29 bits per heavy atom. The summed E-state index contributed by atoms with van der Waals surface area (Å²) in [7, 11) is 0. The van der Waals surface area contributed by atoms with Gasteiger partial charge >= 0.3 is 0 Å². The van der Waals surface area contributed by atoms with E-state index >= 15 is 0 Å². The third kappa shape index (κ3) is 1.35. The van der Waals surface area contributed by atoms with Gasteiger partial charge in [-0.05, 0) is 43.0 Å². The molecule has 0 N–H and O–H groups in total. The van der Waals surface area contributed by atoms with Crippen molar-refractivity contribution in [2.75, 3.05) is 11.4 Å². The van der Waals surface area contributed by atoms with Gasteiger partial charge in [0.15, 0.2) is 0 Å². The van der Waals surface area contributed by atoms with Gasteiger partial charge in [-0.3, -0.25) is 4.98 Å². The predicted molar refractivity (Wildman–Crippen MR) is 73.5 cm³/mol. The summed E-state index contributed by atoms with van der Waals surface area (Å²) in [6.45, 7) is 1.22. The third-order valence-electron chi connectivity index (χ3n) is 4.00. The standard InChI is InChI=1S/C14H13BrN2/c15-10-3-4-12-13(7-10)16-8-9-6-11-2-1-5-17(11)14(9)12/h3-4,7-8,11H,1-2,5-6H2. The molecule has 1 aromatic carbocycles. The summed E-state index contributed by atoms with van der Waals surface area (Å²) in [5.74, 6) is 0. The molecule has 17 heavy (non-hydrogen) atoms. The van der Waals surface area contributed by atoms with Crippen LogP contribution in [0.15, 0.2) is 28.9 Å². The second kappa shape index (κ2) is 3.45. The van der Waals surface area contributed by atoms with Crippen LogP contribution >= 0.6 is 15.9 Å². The van der Waals surface area contributed by atoms with E-state index < -0.39 is 0 Å². The number of fused-ring (bicyclic) bond motifs is 5. The molecule has 2 aliphatic heterocycles. The summed E-state index contributed by atoms with van der Waals surface area (Å²) in [6, 6.07) is 7.17. The first-order valence-corrected chi connectivity index (χ1v) is 6.96. The molecular formula is C14H13BrN2. The first-order valence-electron chi connectivity index (χ1n) is 6.17. The average molecular weight is 289 g/mol. The van der Waals surface area contributed by atoms with Crippen LogP contribution in [0.3, 0.4) is 0 Å². The Kier molecular flexibility index (Phi) is 2.01. The zero-order valence-corrected chi connectivity index (χ0v) is 11.1. The quantitative estimate of drug-likeness (QED) is 0.737. The fraction of sp³-hybridized carbons (Fsp3) is 0.357. The minimum atomic E-state index is 0.737. The van der Waals surface area contributed by atoms with E-state index in [1.807, 2.05) is 0 Å². The van der Waals surface area contributed by atoms with E-state index in [9.17, 15) is 0 Å². The lowest BCUT2D eigenvalue weighted by atomic mass is 10.1. The van der Waals surface area contributed by atoms with Crippen LogP contribution in [0.25, 0.3) is 10.9 Å². The average Bonchev–Trinajstić information content (AvgIpc) is 2.88. The van der Waals surface area contributed by atoms with Crippen molar-refractivity contribution in [2.24, 2.45) is 0 Å². The van der Waals surface area contributed by atoms with Crippen LogP contribution in [-0.2, 0) is 6.42 Å². The number of hydrogen-bond donors (Lipinski definition) is 0. The Bertz CT molecular complexity index is 608. The summed E-state index contributed by atoms with van der Waals surface area (Å²) < 4.78 is 1.11. The zero-order valence-electron chi connectivity index (χ0n) is 9.49. The monoisotopic (exact) mass is 288 g/mol. The van der Waals surface area contributed by atoms with Crippen molar-refractivity contribution in [1.29, 1.82) is 0 Å². The highest BCUT2D eigenvalue weighted by Crippen LogP contribution is 2.41. The molecule has 1 aromatic heterocycles. The zero-order chi connectivity index (χ0) is 11.4. The molecule has 2 aliphatic rings. The van der Waals surface area contributed by atoms with Gasteiger partial charge in [0, 0.05) is 28.6 Å². The second-order valence-corrected chi connectivity index (χ2v) is 5.90. The van der Waals surface area contributed by atoms with E-state index in [1.165, 1.54) is 42.4 Å². The van der Waals surface area contributed by atoms with Gasteiger partial charge in [0.25, 0.3) is 0 Å². The predicted octanol–water partition coefficient (Wildman–Crippen LogP) is 3.52. The van der Waals surface area contributed by atoms with Crippen LogP contribution in [0.2, 0.25) is 0 Å². The van der Waals surface area contributed by atoms with Crippen LogP contribution in [0.1, 0.15) is 18.4 Å². The summed E-state index contributed by atoms with van der Waals surface area (Å²) in [5.41, 5.74) is 3.99. The topological polar surface area (TPSA) is 16.1 Å². The van der Waals surface area contributed by atoms with Crippen LogP contribution in [-0.4, -0.2) is 17.6 Å². The first-order chi connectivity index (χ1) is 8.33. The van der Waals surface area contributed by atoms with Gasteiger partial charge in [-0.1, -0.05) is 15.9 Å². The molecular weight excluding hydrogens is 276 g/mol. The Labute approximate surface area is 109 Å². The fourth-order valence-electron chi connectivity index (χ4n) is 3.28. The smallest absolute Gasteiger partial charge is 0.0734 e. The summed E-state index contributed by atoms with van der Waals surface area (Å²) in [6.07, 6.45) is 5.94. The fourth-order valence-corrected chi connectivity index (χ4v) is 3.63. The molecule has 0 aliphatic carbocycles. The van der Waals surface area contributed by atoms with Crippen LogP contribution in [0.5, 0.6) is 0 Å². The van der Waals surface area contributed by atoms with Gasteiger partial charge in [-0.2, -0.15) is 0 Å². The molecule has 1 atom stereocenters. The highest BCUT2D eigenvalue weighted by molar-refractivity contribution is 9.10. The number of rotatable bonds is 0. The SMILES string of the molecule is Brc1ccc2c3c(cnc2c1)CC1CCCN31. The maximum Gasteiger partial charge on any atom is 0.0734 e. The number of nitrogens with zero attached hydrogens (tertiary/aromatic N) is 2. The van der Waals surface area contributed by atoms with E-state index in [0.717, 1.165) is 16.0 Å². The van der Waals surface area contributed by atoms with Crippen molar-refractivity contribution < 1.29 is 0 Å². The van der Waals surface area contributed by atoms with Gasteiger partial charge in [0.2, 0.25) is 0 Å². The molecule has 0 bridgehead atoms. The molecule has 0 radical (unpaired) electrons. The van der Waals surface area contributed by atoms with E-state index in [4.69, 9.17) is 0 Å². The molecule has 4 rings (SSSR count). The van der Waals surface area contributed by atoms with Gasteiger partial charge in [-0.15, -0.1) is 0 Å². The van der Waals surface area contributed by atoms with Crippen LogP contribution in [0.4, 0.5) is 5.69 Å². The molecule has 0 spiro atoms. The maximum absolute atomic E-state index is 4.58. The first kappa shape index (κ1) is 9.89. The Morgan fingerprint density at radius 3 is 3.24 bits per heavy atom. The highest BCUT2D eigenvalue weighted by Gasteiger charge is 2.34. The summed E-state index contributed by atoms with van der Waals surface area (Å²) in [5, 5.41) is 1.31. The number of aromatic nitrogens is 1. The summed E-state index contributed by atoms with van der Waals surface area (Å²) in [4.78, 5) is 7.17. The Balaban J connectivity index is 2.01. The van der Waals surface area contributed by atoms with Gasteiger partial charge in [0.05, 0.1) is 11.2 Å². The van der Waals surface area contributed by atoms with E-state index in [-0.39, 0.29) is 0 Å². The molecule has 0 amide bonds. The molecule has 3 heterocycles. The third-order valence-corrected chi connectivity index (χ3v) is 4.49. The van der Waals surface area contributed by atoms with Gasteiger partial charge < -0.3 is 4.90 Å². The second-order valence-electron chi connectivity index (χ2n) is 4.99. The largest absolute Gasteiger partial charge is 0.367 e. The maximum atomic E-state index is 4.58. The van der Waals surface area contributed by atoms with Gasteiger partial charge in [0.1, 0.15) is 0 Å². The lowest BCUT2D eigenvalue weighted by molar-refractivity contribution is 0.703. The number of halogens is 1. The molecule has 86 valence electrons. The molecule has 0 saturated carbocycles. The number of pyridine rings is 1. The normalized spacial score (nSPS) is 21.9. The van der Waals surface area contributed by atoms with Gasteiger partial charge in [-0.25, -0.2) is 0 Å². The van der Waals surface area contributed by atoms with E-state index in [2.05, 4.69) is 50.2 Å². The van der Waals surface area contributed by atoms with Crippen molar-refractivity contribution in [3.63, 3.8) is 0 Å². The van der Waals surface area contributed by atoms with E-state index in [1.54, 1.807) is 0 Å². The lowest BCUT2D eigenvalue weighted by Crippen LogP contribution is -2.24. The van der Waals surface area contributed by atoms with Crippen molar-refractivity contribution >= 4 is 32.5 Å². The number of anilines is 1. The number of benzene rings is 1. The van der Waals surface area contributed by atoms with E-state index in [0.29, 0.717) is 0 Å². The molecule has 1 fully saturated rings. The highest BCUT2D eigenvalue weighted by atomic mass is 79.9. The Morgan fingerprint density at radius 1 is 1.35 bits per heavy atom. The Hall–Kier alpha value is -1.09. The minimum absolute atomic E-state index is 0.737. The minimum Gasteiger partial charge on any atom is -0.367 e. The van der Waals surface area contributed by atoms with Crippen LogP contribution in [0, 0.1) is 0 Å². The number of hydrogen-bond acceptors (Lipinski definition) is 2. The molecule has 2 aromatic rings. The molecule has 3 heteroatoms. The van der Waals surface area contributed by atoms with Crippen molar-refractivity contribution in [1.82, 2.24) is 4.98 Å². The molecule has 1 unspecified atom stereocenters. The van der Waals surface area contributed by atoms with Crippen molar-refractivity contribution in [2.45, 2.75) is 25.3 Å². The van der Waals surface area contributed by atoms with Crippen molar-refractivity contribution in [3.8, 4) is 0 Å². The summed E-state index contributed by atoms with van der Waals surface area (Å²) >= 11 is 3.52.